The summed E-state index contributed by atoms with van der Waals surface area (Å²) in [6.45, 7) is 68.9. The van der Waals surface area contributed by atoms with E-state index >= 15 is 0 Å². The van der Waals surface area contributed by atoms with Crippen LogP contribution in [0.4, 0.5) is 0 Å². The smallest absolute Gasteiger partial charge is 0.0521 e. The summed E-state index contributed by atoms with van der Waals surface area (Å²) in [5.74, 6) is 0. The molecular weight excluding hydrogens is 1220 g/mol. The molecule has 0 unspecified atom stereocenters. The van der Waals surface area contributed by atoms with Crippen LogP contribution < -0.4 is 0 Å². The van der Waals surface area contributed by atoms with Crippen LogP contribution in [0.25, 0.3) is 87.2 Å². The number of para-hydroxylation sites is 8. The number of aryl methyl sites for hydroxylation is 8. The molecule has 0 aliphatic rings. The van der Waals surface area contributed by atoms with Gasteiger partial charge in [0, 0.05) is 110 Å². The van der Waals surface area contributed by atoms with Crippen molar-refractivity contribution < 1.29 is 0 Å². The summed E-state index contributed by atoms with van der Waals surface area (Å²) in [6.07, 6.45) is 4.34. The Labute approximate surface area is 637 Å². The number of fused-ring (bicyclic) bond motifs is 12. The van der Waals surface area contributed by atoms with Gasteiger partial charge in [0.25, 0.3) is 0 Å². The largest absolute Gasteiger partial charge is 0.343 e. The second-order valence-corrected chi connectivity index (χ2v) is 17.0. The minimum absolute atomic E-state index is 0. The Morgan fingerprint density at radius 3 is 0.426 bits per heavy atom. The van der Waals surface area contributed by atoms with Gasteiger partial charge in [-0.05, 0) is 72.2 Å². The average Bonchev–Trinajstić information content (AvgIpc) is 1.65. The van der Waals surface area contributed by atoms with Gasteiger partial charge in [-0.3, -0.25) is 0 Å². The van der Waals surface area contributed by atoms with E-state index in [0.29, 0.717) is 0 Å². The number of hydrogen-bond donors (Lipinski definition) is 0. The van der Waals surface area contributed by atoms with E-state index in [2.05, 4.69) is 244 Å². The third-order valence-corrected chi connectivity index (χ3v) is 13.6. The van der Waals surface area contributed by atoms with Gasteiger partial charge in [-0.2, -0.15) is 0 Å². The summed E-state index contributed by atoms with van der Waals surface area (Å²) in [5, 5.41) is 10.9. The van der Waals surface area contributed by atoms with Crippen molar-refractivity contribution in [3.8, 4) is 0 Å². The van der Waals surface area contributed by atoms with Crippen LogP contribution >= 0.6 is 0 Å². The third-order valence-electron chi connectivity index (χ3n) is 13.6. The van der Waals surface area contributed by atoms with Gasteiger partial charge in [0.2, 0.25) is 0 Å². The molecule has 0 N–H and O–H groups in total. The summed E-state index contributed by atoms with van der Waals surface area (Å²) in [4.78, 5) is 0. The van der Waals surface area contributed by atoms with Gasteiger partial charge in [-0.25, -0.2) is 0 Å². The Kier molecular flexibility index (Phi) is 105. The maximum Gasteiger partial charge on any atom is 0.0521 e. The van der Waals surface area contributed by atoms with Crippen LogP contribution in [0.1, 0.15) is 295 Å². The van der Waals surface area contributed by atoms with Crippen molar-refractivity contribution in [3.05, 3.63) is 192 Å². The maximum absolute atomic E-state index is 2.31. The van der Waals surface area contributed by atoms with Gasteiger partial charge in [-0.15, -0.1) is 0 Å². The molecule has 8 aromatic carbocycles. The lowest BCUT2D eigenvalue weighted by molar-refractivity contribution is 0.995. The minimum atomic E-state index is 0. The number of benzene rings is 8. The van der Waals surface area contributed by atoms with E-state index in [-0.39, 0.29) is 54.0 Å². The van der Waals surface area contributed by atoms with E-state index in [4.69, 9.17) is 0 Å². The quantitative estimate of drug-likeness (QED) is 0.157. The fourth-order valence-electron chi connectivity index (χ4n) is 10.4. The lowest BCUT2D eigenvalue weighted by atomic mass is 10.1. The third kappa shape index (κ3) is 34.7. The molecule has 4 nitrogen and oxygen atoms in total. The van der Waals surface area contributed by atoms with Gasteiger partial charge in [0.1, 0.15) is 0 Å². The zero-order valence-corrected chi connectivity index (χ0v) is 69.9. The van der Waals surface area contributed by atoms with Crippen molar-refractivity contribution in [2.75, 3.05) is 0 Å². The molecule has 6 radical (unpaired) electrons. The van der Waals surface area contributed by atoms with Crippen molar-refractivity contribution >= 4 is 104 Å². The average molecular weight is 1390 g/mol. The molecule has 4 heterocycles. The van der Waals surface area contributed by atoms with Crippen molar-refractivity contribution in [3.63, 3.8) is 0 Å². The lowest BCUT2D eigenvalue weighted by Gasteiger charge is -2.03. The van der Waals surface area contributed by atoms with Crippen molar-refractivity contribution in [2.24, 2.45) is 28.2 Å². The molecule has 101 heavy (non-hydrogen) atoms. The highest BCUT2D eigenvalue weighted by Crippen LogP contribution is 2.34. The molecule has 0 bridgehead atoms. The molecule has 0 amide bonds. The van der Waals surface area contributed by atoms with Crippen LogP contribution in [0, 0.1) is 0 Å². The van der Waals surface area contributed by atoms with Crippen molar-refractivity contribution in [1.82, 2.24) is 18.3 Å². The van der Waals surface area contributed by atoms with E-state index in [0.717, 1.165) is 25.7 Å². The van der Waals surface area contributed by atoms with E-state index in [1.54, 1.807) is 0 Å². The SMILES string of the molecule is C.C.C.C.C.CC.CC.CC.CC.CC.CC.CC.CC.CC.CC.CC.CC.CC.CC.CC.CCc1cccc2c3ccccc3n(C)c12.CCc1cccc2c3ccccc3n(C)c12.CCc1cccc2c3ccccc3n(C)c12.CCc1cccc2c3ccccc3n(C)c12.[B].[B]. The van der Waals surface area contributed by atoms with Gasteiger partial charge in [-0.1, -0.05) is 418 Å². The Bertz CT molecular complexity index is 3140. The summed E-state index contributed by atoms with van der Waals surface area (Å²) in [5.41, 5.74) is 16.5. The first-order valence-electron chi connectivity index (χ1n) is 38.1. The van der Waals surface area contributed by atoms with Gasteiger partial charge < -0.3 is 18.3 Å². The molecule has 12 rings (SSSR count). The zero-order chi connectivity index (χ0) is 74.5. The number of aromatic nitrogens is 4. The highest BCUT2D eigenvalue weighted by atomic mass is 15.0. The Hall–Kier alpha value is -6.91. The molecule has 0 saturated heterocycles. The Morgan fingerprint density at radius 1 is 0.178 bits per heavy atom. The van der Waals surface area contributed by atoms with Crippen LogP contribution in [0.3, 0.4) is 0 Å². The van der Waals surface area contributed by atoms with E-state index < -0.39 is 0 Å². The van der Waals surface area contributed by atoms with Crippen LogP contribution in [-0.2, 0) is 53.9 Å². The Balaban J connectivity index is -0.0000000724. The van der Waals surface area contributed by atoms with E-state index in [9.17, 15) is 0 Å². The summed E-state index contributed by atoms with van der Waals surface area (Å²) in [7, 11) is 8.63. The van der Waals surface area contributed by atoms with Crippen LogP contribution in [0.5, 0.6) is 0 Å². The maximum atomic E-state index is 2.31. The number of rotatable bonds is 4. The molecule has 0 saturated carbocycles. The monoisotopic (exact) mass is 1390 g/mol. The molecule has 0 atom stereocenters. The molecular formula is C95H170B2N4. The number of nitrogens with zero attached hydrogens (tertiary/aromatic N) is 4. The predicted molar refractivity (Wildman–Crippen MR) is 495 cm³/mol. The molecule has 0 aliphatic carbocycles. The topological polar surface area (TPSA) is 19.7 Å². The molecule has 0 spiro atoms. The highest BCUT2D eigenvalue weighted by molar-refractivity contribution is 6.11. The lowest BCUT2D eigenvalue weighted by Crippen LogP contribution is -1.91. The second-order valence-electron chi connectivity index (χ2n) is 17.0. The van der Waals surface area contributed by atoms with Crippen LogP contribution in [0.15, 0.2) is 170 Å². The zero-order valence-electron chi connectivity index (χ0n) is 69.9. The fourth-order valence-corrected chi connectivity index (χ4v) is 10.4. The molecule has 4 aromatic heterocycles. The second kappa shape index (κ2) is 83.7. The number of hydrogen-bond acceptors (Lipinski definition) is 0. The van der Waals surface area contributed by atoms with Crippen LogP contribution in [-0.4, -0.2) is 35.1 Å². The van der Waals surface area contributed by atoms with E-state index in [1.807, 2.05) is 208 Å². The normalized spacial score (nSPS) is 8.10. The molecule has 6 heteroatoms. The Morgan fingerprint density at radius 2 is 0.297 bits per heavy atom. The van der Waals surface area contributed by atoms with Gasteiger partial charge in [0.15, 0.2) is 0 Å². The highest BCUT2D eigenvalue weighted by Gasteiger charge is 2.13. The molecule has 0 fully saturated rings. The molecule has 576 valence electrons. The van der Waals surface area contributed by atoms with E-state index in [1.165, 1.54) is 109 Å². The van der Waals surface area contributed by atoms with Gasteiger partial charge >= 0.3 is 0 Å². The standard InChI is InChI=1S/4C15H15N.15C2H6.5CH4.2B/c4*1-3-11-7-6-9-13-12-8-4-5-10-14(12)16(2)15(11)13;15*1-2;;;;;;;/h4*4-10H,3H2,1-2H3;15*1-2H3;5*1H4;;. The molecule has 0 aliphatic heterocycles. The van der Waals surface area contributed by atoms with Gasteiger partial charge in [0.05, 0.1) is 22.1 Å². The summed E-state index contributed by atoms with van der Waals surface area (Å²) < 4.78 is 9.24. The first-order valence-corrected chi connectivity index (χ1v) is 38.1. The predicted octanol–water partition coefficient (Wildman–Crippen LogP) is 33.4. The van der Waals surface area contributed by atoms with Crippen molar-refractivity contribution in [1.29, 1.82) is 0 Å². The first kappa shape index (κ1) is 127. The fraction of sp³-hybridized carbons (Fsp3) is 0.495. The minimum Gasteiger partial charge on any atom is -0.343 e. The molecule has 12 aromatic rings. The summed E-state index contributed by atoms with van der Waals surface area (Å²) in [6, 6.07) is 60.9. The summed E-state index contributed by atoms with van der Waals surface area (Å²) >= 11 is 0. The van der Waals surface area contributed by atoms with Crippen molar-refractivity contribution in [2.45, 2.75) is 298 Å². The van der Waals surface area contributed by atoms with Crippen LogP contribution in [0.2, 0.25) is 0 Å². The first-order chi connectivity index (χ1) is 46.3.